The minimum absolute atomic E-state index is 0.356. The van der Waals surface area contributed by atoms with Crippen molar-refractivity contribution < 1.29 is 9.47 Å². The van der Waals surface area contributed by atoms with Crippen molar-refractivity contribution in [1.82, 2.24) is 4.90 Å². The van der Waals surface area contributed by atoms with Crippen LogP contribution in [0, 0.1) is 41.5 Å². The van der Waals surface area contributed by atoms with Crippen molar-refractivity contribution in [2.45, 2.75) is 67.8 Å². The summed E-state index contributed by atoms with van der Waals surface area (Å²) in [5.74, 6) is 0. The van der Waals surface area contributed by atoms with Gasteiger partial charge in [0, 0.05) is 14.2 Å². The molecular formula is C27H39N3O2. The summed E-state index contributed by atoms with van der Waals surface area (Å²) in [6.45, 7) is 16.6. The van der Waals surface area contributed by atoms with Crippen molar-refractivity contribution in [2.75, 3.05) is 21.3 Å². The van der Waals surface area contributed by atoms with Gasteiger partial charge in [-0.05, 0) is 84.7 Å². The highest BCUT2D eigenvalue weighted by molar-refractivity contribution is 5.92. The molecule has 0 aliphatic heterocycles. The fraction of sp³-hybridized carbons (Fsp3) is 0.481. The highest BCUT2D eigenvalue weighted by Crippen LogP contribution is 2.28. The Morgan fingerprint density at radius 1 is 0.656 bits per heavy atom. The molecule has 0 aromatic heterocycles. The molecule has 5 nitrogen and oxygen atoms in total. The first-order chi connectivity index (χ1) is 15.0. The van der Waals surface area contributed by atoms with Crippen LogP contribution in [0.3, 0.4) is 0 Å². The molecule has 2 unspecified atom stereocenters. The number of benzene rings is 2. The van der Waals surface area contributed by atoms with Crippen LogP contribution in [0.25, 0.3) is 0 Å². The maximum atomic E-state index is 5.86. The summed E-state index contributed by atoms with van der Waals surface area (Å²) in [6.07, 6.45) is -0.712. The molecule has 0 saturated carbocycles. The maximum Gasteiger partial charge on any atom is 0.151 e. The van der Waals surface area contributed by atoms with Gasteiger partial charge in [-0.1, -0.05) is 35.4 Å². The van der Waals surface area contributed by atoms with Gasteiger partial charge >= 0.3 is 0 Å². The van der Waals surface area contributed by atoms with Gasteiger partial charge < -0.3 is 9.47 Å². The quantitative estimate of drug-likeness (QED) is 0.360. The lowest BCUT2D eigenvalue weighted by Gasteiger charge is -2.33. The van der Waals surface area contributed by atoms with Crippen LogP contribution in [-0.4, -0.2) is 50.0 Å². The van der Waals surface area contributed by atoms with Crippen LogP contribution in [0.2, 0.25) is 0 Å². The van der Waals surface area contributed by atoms with E-state index in [2.05, 4.69) is 65.8 Å². The van der Waals surface area contributed by atoms with E-state index >= 15 is 0 Å². The van der Waals surface area contributed by atoms with E-state index in [1.165, 1.54) is 11.1 Å². The number of ether oxygens (including phenoxy) is 2. The molecule has 0 amide bonds. The van der Waals surface area contributed by atoms with E-state index in [9.17, 15) is 0 Å². The average molecular weight is 438 g/mol. The molecule has 0 fully saturated rings. The molecular weight excluding hydrogens is 398 g/mol. The van der Waals surface area contributed by atoms with Crippen molar-refractivity contribution in [1.29, 1.82) is 0 Å². The topological polar surface area (TPSA) is 46.4 Å². The normalized spacial score (nSPS) is 14.8. The number of aryl methyl sites for hydroxylation is 6. The van der Waals surface area contributed by atoms with E-state index in [1.807, 2.05) is 25.8 Å². The number of methoxy groups -OCH3 is 2. The number of hydrogen-bond acceptors (Lipinski definition) is 5. The Labute approximate surface area is 194 Å². The first kappa shape index (κ1) is 25.9. The molecule has 0 aliphatic carbocycles. The lowest BCUT2D eigenvalue weighted by Crippen LogP contribution is -2.49. The molecule has 0 bridgehead atoms. The summed E-state index contributed by atoms with van der Waals surface area (Å²) in [6, 6.07) is 8.63. The van der Waals surface area contributed by atoms with Gasteiger partial charge in [0.25, 0.3) is 0 Å². The lowest BCUT2D eigenvalue weighted by atomic mass is 10.1. The van der Waals surface area contributed by atoms with Crippen LogP contribution in [0.5, 0.6) is 0 Å². The van der Waals surface area contributed by atoms with Gasteiger partial charge in [-0.2, -0.15) is 0 Å². The summed E-state index contributed by atoms with van der Waals surface area (Å²) in [4.78, 5) is 11.9. The first-order valence-corrected chi connectivity index (χ1v) is 11.0. The standard InChI is InChI=1S/C27H39N3O2/c1-16-12-18(3)24(19(4)13-16)28-22(7)26(31-10)30(9)27(32-11)23(8)29-25-20(5)14-17(2)15-21(25)6/h12-15,26-27H,1-11H3. The van der Waals surface area contributed by atoms with Gasteiger partial charge in [0.2, 0.25) is 0 Å². The number of hydrogen-bond donors (Lipinski definition) is 0. The molecule has 0 heterocycles. The predicted octanol–water partition coefficient (Wildman–Crippen LogP) is 6.30. The van der Waals surface area contributed by atoms with E-state index in [4.69, 9.17) is 19.5 Å². The molecule has 174 valence electrons. The predicted molar refractivity (Wildman–Crippen MR) is 136 cm³/mol. The Kier molecular flexibility index (Phi) is 8.90. The van der Waals surface area contributed by atoms with Gasteiger partial charge in [0.15, 0.2) is 12.5 Å². The Morgan fingerprint density at radius 2 is 0.938 bits per heavy atom. The summed E-state index contributed by atoms with van der Waals surface area (Å²) >= 11 is 0. The van der Waals surface area contributed by atoms with E-state index in [1.54, 1.807) is 14.2 Å². The zero-order valence-corrected chi connectivity index (χ0v) is 21.6. The third kappa shape index (κ3) is 5.91. The van der Waals surface area contributed by atoms with E-state index in [-0.39, 0.29) is 12.5 Å². The zero-order chi connectivity index (χ0) is 24.2. The van der Waals surface area contributed by atoms with Crippen molar-refractivity contribution in [3.8, 4) is 0 Å². The number of nitrogens with zero attached hydrogens (tertiary/aromatic N) is 3. The van der Waals surface area contributed by atoms with Crippen LogP contribution >= 0.6 is 0 Å². The Hall–Kier alpha value is -2.34. The average Bonchev–Trinajstić information content (AvgIpc) is 2.68. The molecule has 2 aromatic carbocycles. The third-order valence-electron chi connectivity index (χ3n) is 5.75. The highest BCUT2D eigenvalue weighted by Gasteiger charge is 2.27. The second-order valence-corrected chi connectivity index (χ2v) is 8.84. The summed E-state index contributed by atoms with van der Waals surface area (Å²) in [7, 11) is 5.37. The van der Waals surface area contributed by atoms with Crippen LogP contribution < -0.4 is 0 Å². The SMILES string of the molecule is COC(C(C)=Nc1c(C)cc(C)cc1C)N(C)C(OC)C(C)=Nc1c(C)cc(C)cc1C. The fourth-order valence-electron chi connectivity index (χ4n) is 4.55. The molecule has 0 radical (unpaired) electrons. The highest BCUT2D eigenvalue weighted by atomic mass is 16.5. The molecule has 2 rings (SSSR count). The summed E-state index contributed by atoms with van der Waals surface area (Å²) in [5, 5.41) is 0. The largest absolute Gasteiger partial charge is 0.361 e. The van der Waals surface area contributed by atoms with Crippen molar-refractivity contribution in [3.05, 3.63) is 57.6 Å². The second kappa shape index (κ2) is 11.0. The zero-order valence-electron chi connectivity index (χ0n) is 21.6. The Morgan fingerprint density at radius 3 is 1.19 bits per heavy atom. The number of rotatable bonds is 8. The monoisotopic (exact) mass is 437 g/mol. The first-order valence-electron chi connectivity index (χ1n) is 11.0. The van der Waals surface area contributed by atoms with Crippen LogP contribution in [0.4, 0.5) is 11.4 Å². The fourth-order valence-corrected chi connectivity index (χ4v) is 4.55. The van der Waals surface area contributed by atoms with Crippen LogP contribution in [-0.2, 0) is 9.47 Å². The van der Waals surface area contributed by atoms with Crippen molar-refractivity contribution in [2.24, 2.45) is 9.98 Å². The molecule has 32 heavy (non-hydrogen) atoms. The minimum atomic E-state index is -0.356. The maximum absolute atomic E-state index is 5.86. The van der Waals surface area contributed by atoms with Gasteiger partial charge in [-0.15, -0.1) is 0 Å². The van der Waals surface area contributed by atoms with E-state index < -0.39 is 0 Å². The van der Waals surface area contributed by atoms with Crippen LogP contribution in [0.1, 0.15) is 47.2 Å². The van der Waals surface area contributed by atoms with Gasteiger partial charge in [-0.3, -0.25) is 9.98 Å². The van der Waals surface area contributed by atoms with E-state index in [0.717, 1.165) is 45.1 Å². The van der Waals surface area contributed by atoms with Crippen molar-refractivity contribution >= 4 is 22.8 Å². The Bertz CT molecular complexity index is 896. The number of aliphatic imine (C=N–C) groups is 2. The van der Waals surface area contributed by atoms with Crippen LogP contribution in [0.15, 0.2) is 34.3 Å². The summed E-state index contributed by atoms with van der Waals surface area (Å²) in [5.41, 5.74) is 10.8. The molecule has 0 saturated heterocycles. The molecule has 0 aliphatic rings. The summed E-state index contributed by atoms with van der Waals surface area (Å²) < 4.78 is 11.7. The Balaban J connectivity index is 2.40. The van der Waals surface area contributed by atoms with Gasteiger partial charge in [-0.25, -0.2) is 4.90 Å². The molecule has 2 aromatic rings. The van der Waals surface area contributed by atoms with Crippen molar-refractivity contribution in [3.63, 3.8) is 0 Å². The smallest absolute Gasteiger partial charge is 0.151 e. The van der Waals surface area contributed by atoms with Gasteiger partial charge in [0.1, 0.15) is 0 Å². The molecule has 2 atom stereocenters. The van der Waals surface area contributed by atoms with E-state index in [0.29, 0.717) is 0 Å². The molecule has 5 heteroatoms. The van der Waals surface area contributed by atoms with Gasteiger partial charge in [0.05, 0.1) is 22.8 Å². The molecule has 0 spiro atoms. The second-order valence-electron chi connectivity index (χ2n) is 8.84. The minimum Gasteiger partial charge on any atom is -0.361 e. The lowest BCUT2D eigenvalue weighted by molar-refractivity contribution is -0.0580. The third-order valence-corrected chi connectivity index (χ3v) is 5.75. The molecule has 0 N–H and O–H groups in total.